The summed E-state index contributed by atoms with van der Waals surface area (Å²) >= 11 is 0. The number of carbonyl (C=O) groups is 2. The highest BCUT2D eigenvalue weighted by atomic mass is 16.5. The van der Waals surface area contributed by atoms with Gasteiger partial charge in [0, 0.05) is 13.3 Å². The molecule has 0 aliphatic rings. The molecule has 0 spiro atoms. The molecule has 90 valence electrons. The summed E-state index contributed by atoms with van der Waals surface area (Å²) in [6, 6.07) is 0. The van der Waals surface area contributed by atoms with Crippen LogP contribution >= 0.6 is 0 Å². The zero-order valence-electron chi connectivity index (χ0n) is 10.0. The summed E-state index contributed by atoms with van der Waals surface area (Å²) in [4.78, 5) is 20.0. The summed E-state index contributed by atoms with van der Waals surface area (Å²) in [6.45, 7) is 5.81. The number of hydrogen-bond donors (Lipinski definition) is 1. The Morgan fingerprint density at radius 3 is 2.07 bits per heavy atom. The van der Waals surface area contributed by atoms with Crippen molar-refractivity contribution < 1.29 is 14.3 Å². The predicted octanol–water partition coefficient (Wildman–Crippen LogP) is 2.01. The number of esters is 1. The first-order valence-electron chi connectivity index (χ1n) is 5.46. The van der Waals surface area contributed by atoms with Crippen LogP contribution in [-0.4, -0.2) is 18.5 Å². The monoisotopic (exact) mass is 217 g/mol. The Bertz CT molecular complexity index is 165. The van der Waals surface area contributed by atoms with Gasteiger partial charge in [0.2, 0.25) is 5.91 Å². The van der Waals surface area contributed by atoms with Crippen LogP contribution in [0.2, 0.25) is 0 Å². The van der Waals surface area contributed by atoms with E-state index in [4.69, 9.17) is 4.74 Å². The molecule has 0 radical (unpaired) electrons. The van der Waals surface area contributed by atoms with E-state index in [1.807, 2.05) is 6.92 Å². The van der Waals surface area contributed by atoms with Crippen molar-refractivity contribution in [1.29, 1.82) is 0 Å². The fourth-order valence-corrected chi connectivity index (χ4v) is 0.929. The van der Waals surface area contributed by atoms with Crippen molar-refractivity contribution in [2.75, 3.05) is 6.61 Å². The number of ether oxygens (including phenoxy) is 1. The molecular formula is C11H23NO3. The molecule has 15 heavy (non-hydrogen) atoms. The van der Waals surface area contributed by atoms with E-state index in [0.717, 1.165) is 12.8 Å². The topological polar surface area (TPSA) is 69.4 Å². The summed E-state index contributed by atoms with van der Waals surface area (Å²) in [5.41, 5.74) is 4.47. The van der Waals surface area contributed by atoms with Gasteiger partial charge in [-0.15, -0.1) is 0 Å². The maximum absolute atomic E-state index is 10.8. The Hall–Kier alpha value is -1.06. The molecule has 0 bridgehead atoms. The molecule has 0 aromatic heterocycles. The lowest BCUT2D eigenvalue weighted by Gasteiger charge is -2.00. The van der Waals surface area contributed by atoms with E-state index in [0.29, 0.717) is 13.0 Å². The van der Waals surface area contributed by atoms with Crippen molar-refractivity contribution in [3.8, 4) is 0 Å². The lowest BCUT2D eigenvalue weighted by atomic mass is 10.2. The van der Waals surface area contributed by atoms with Gasteiger partial charge >= 0.3 is 5.97 Å². The van der Waals surface area contributed by atoms with E-state index in [1.165, 1.54) is 19.8 Å². The van der Waals surface area contributed by atoms with Gasteiger partial charge in [-0.25, -0.2) is 0 Å². The van der Waals surface area contributed by atoms with Crippen molar-refractivity contribution in [3.05, 3.63) is 0 Å². The van der Waals surface area contributed by atoms with Crippen molar-refractivity contribution >= 4 is 11.9 Å². The van der Waals surface area contributed by atoms with Gasteiger partial charge in [-0.1, -0.05) is 26.2 Å². The van der Waals surface area contributed by atoms with Crippen LogP contribution in [0.1, 0.15) is 52.9 Å². The molecular weight excluding hydrogens is 194 g/mol. The molecule has 0 aliphatic carbocycles. The maximum Gasteiger partial charge on any atom is 0.305 e. The Morgan fingerprint density at radius 1 is 1.13 bits per heavy atom. The van der Waals surface area contributed by atoms with Crippen LogP contribution in [0.5, 0.6) is 0 Å². The normalized spacial score (nSPS) is 8.73. The first kappa shape index (κ1) is 16.4. The van der Waals surface area contributed by atoms with Crippen LogP contribution < -0.4 is 5.73 Å². The molecule has 0 aliphatic heterocycles. The lowest BCUT2D eigenvalue weighted by Crippen LogP contribution is -2.02. The number of nitrogens with two attached hydrogens (primary N) is 1. The summed E-state index contributed by atoms with van der Waals surface area (Å²) in [6.07, 6.45) is 5.15. The van der Waals surface area contributed by atoms with Crippen LogP contribution in [-0.2, 0) is 14.3 Å². The molecule has 0 aromatic rings. The Kier molecular flexibility index (Phi) is 14.1. The predicted molar refractivity (Wildman–Crippen MR) is 60.3 cm³/mol. The van der Waals surface area contributed by atoms with E-state index in [9.17, 15) is 9.59 Å². The summed E-state index contributed by atoms with van der Waals surface area (Å²) in [7, 11) is 0. The number of amides is 1. The Labute approximate surface area is 92.2 Å². The highest BCUT2D eigenvalue weighted by Crippen LogP contribution is 2.02. The smallest absolute Gasteiger partial charge is 0.305 e. The van der Waals surface area contributed by atoms with Gasteiger partial charge in [0.25, 0.3) is 0 Å². The molecule has 0 aromatic carbocycles. The van der Waals surface area contributed by atoms with E-state index in [2.05, 4.69) is 12.7 Å². The van der Waals surface area contributed by atoms with Gasteiger partial charge in [-0.2, -0.15) is 0 Å². The number of rotatable bonds is 6. The average molecular weight is 217 g/mol. The van der Waals surface area contributed by atoms with Crippen LogP contribution in [0.15, 0.2) is 0 Å². The van der Waals surface area contributed by atoms with Crippen molar-refractivity contribution in [2.45, 2.75) is 52.9 Å². The highest BCUT2D eigenvalue weighted by molar-refractivity contribution is 5.70. The molecule has 0 saturated carbocycles. The Balaban J connectivity index is 0. The van der Waals surface area contributed by atoms with Crippen molar-refractivity contribution in [2.24, 2.45) is 5.73 Å². The fourth-order valence-electron chi connectivity index (χ4n) is 0.929. The second kappa shape index (κ2) is 12.9. The molecule has 0 atom stereocenters. The third-order valence-electron chi connectivity index (χ3n) is 1.54. The minimum absolute atomic E-state index is 0.0522. The first-order valence-corrected chi connectivity index (χ1v) is 5.46. The quantitative estimate of drug-likeness (QED) is 0.546. The highest BCUT2D eigenvalue weighted by Gasteiger charge is 1.99. The van der Waals surface area contributed by atoms with Crippen LogP contribution in [0, 0.1) is 0 Å². The molecule has 0 heterocycles. The van der Waals surface area contributed by atoms with Crippen LogP contribution in [0.4, 0.5) is 0 Å². The second-order valence-electron chi connectivity index (χ2n) is 3.23. The minimum Gasteiger partial charge on any atom is -0.466 e. The Morgan fingerprint density at radius 2 is 1.67 bits per heavy atom. The average Bonchev–Trinajstić information content (AvgIpc) is 2.12. The van der Waals surface area contributed by atoms with E-state index < -0.39 is 0 Å². The molecule has 2 N–H and O–H groups in total. The zero-order valence-corrected chi connectivity index (χ0v) is 10.0. The van der Waals surface area contributed by atoms with Crippen LogP contribution in [0.25, 0.3) is 0 Å². The first-order chi connectivity index (χ1) is 7.04. The van der Waals surface area contributed by atoms with E-state index in [-0.39, 0.29) is 11.9 Å². The van der Waals surface area contributed by atoms with Crippen LogP contribution in [0.3, 0.4) is 0 Å². The molecule has 0 saturated heterocycles. The fraction of sp³-hybridized carbons (Fsp3) is 0.818. The number of carbonyl (C=O) groups excluding carboxylic acids is 2. The molecule has 4 heteroatoms. The van der Waals surface area contributed by atoms with Crippen molar-refractivity contribution in [3.63, 3.8) is 0 Å². The third kappa shape index (κ3) is 24.6. The van der Waals surface area contributed by atoms with E-state index in [1.54, 1.807) is 0 Å². The molecule has 1 amide bonds. The molecule has 0 unspecified atom stereocenters. The summed E-state index contributed by atoms with van der Waals surface area (Å²) in [5.74, 6) is -0.386. The number of unbranched alkanes of at least 4 members (excludes halogenated alkanes) is 3. The number of primary amides is 1. The largest absolute Gasteiger partial charge is 0.466 e. The lowest BCUT2D eigenvalue weighted by molar-refractivity contribution is -0.143. The minimum atomic E-state index is -0.333. The number of hydrogen-bond acceptors (Lipinski definition) is 3. The van der Waals surface area contributed by atoms with E-state index >= 15 is 0 Å². The second-order valence-corrected chi connectivity index (χ2v) is 3.23. The van der Waals surface area contributed by atoms with Gasteiger partial charge in [-0.05, 0) is 13.3 Å². The van der Waals surface area contributed by atoms with Gasteiger partial charge in [-0.3, -0.25) is 9.59 Å². The van der Waals surface area contributed by atoms with Gasteiger partial charge in [0.1, 0.15) is 0 Å². The molecule has 4 nitrogen and oxygen atoms in total. The SMILES string of the molecule is CC(N)=O.CCCCCCC(=O)OCC. The molecule has 0 fully saturated rings. The van der Waals surface area contributed by atoms with Gasteiger partial charge in [0.05, 0.1) is 6.61 Å². The van der Waals surface area contributed by atoms with Crippen molar-refractivity contribution in [1.82, 2.24) is 0 Å². The van der Waals surface area contributed by atoms with Gasteiger partial charge < -0.3 is 10.5 Å². The molecule has 0 rings (SSSR count). The maximum atomic E-state index is 10.8. The van der Waals surface area contributed by atoms with Gasteiger partial charge in [0.15, 0.2) is 0 Å². The summed E-state index contributed by atoms with van der Waals surface area (Å²) in [5, 5.41) is 0. The zero-order chi connectivity index (χ0) is 12.1. The summed E-state index contributed by atoms with van der Waals surface area (Å²) < 4.78 is 4.78. The standard InChI is InChI=1S/C9H18O2.C2H5NO/c1-3-5-6-7-8-9(10)11-4-2;1-2(3)4/h3-8H2,1-2H3;1H3,(H2,3,4). The third-order valence-corrected chi connectivity index (χ3v) is 1.54.